The summed E-state index contributed by atoms with van der Waals surface area (Å²) >= 11 is 1.31. The first-order valence-electron chi connectivity index (χ1n) is 10.8. The average molecular weight is 466 g/mol. The van der Waals surface area contributed by atoms with Gasteiger partial charge in [0, 0.05) is 16.6 Å². The first kappa shape index (κ1) is 21.7. The van der Waals surface area contributed by atoms with E-state index in [1.165, 1.54) is 16.9 Å². The van der Waals surface area contributed by atoms with Crippen LogP contribution in [0.2, 0.25) is 0 Å². The van der Waals surface area contributed by atoms with Gasteiger partial charge in [-0.25, -0.2) is 4.98 Å². The predicted octanol–water partition coefficient (Wildman–Crippen LogP) is 6.78. The summed E-state index contributed by atoms with van der Waals surface area (Å²) in [4.78, 5) is 19.2. The Hall–Kier alpha value is -4.16. The highest BCUT2D eigenvalue weighted by molar-refractivity contribution is 7.21. The van der Waals surface area contributed by atoms with E-state index in [0.717, 1.165) is 38.4 Å². The van der Waals surface area contributed by atoms with Crippen molar-refractivity contribution in [3.05, 3.63) is 95.4 Å². The van der Waals surface area contributed by atoms with E-state index in [-0.39, 0.29) is 5.91 Å². The van der Waals surface area contributed by atoms with Crippen LogP contribution < -0.4 is 15.8 Å². The van der Waals surface area contributed by atoms with Crippen molar-refractivity contribution in [3.63, 3.8) is 0 Å². The van der Waals surface area contributed by atoms with Crippen LogP contribution in [-0.4, -0.2) is 18.0 Å². The van der Waals surface area contributed by atoms with Gasteiger partial charge in [-0.05, 0) is 48.4 Å². The van der Waals surface area contributed by atoms with Crippen LogP contribution in [0, 0.1) is 6.92 Å². The monoisotopic (exact) mass is 465 g/mol. The minimum atomic E-state index is -0.246. The van der Waals surface area contributed by atoms with E-state index in [1.54, 1.807) is 7.11 Å². The summed E-state index contributed by atoms with van der Waals surface area (Å²) in [5, 5.41) is 3.72. The molecule has 0 aliphatic carbocycles. The molecule has 6 heteroatoms. The number of methoxy groups -OCH3 is 1. The molecule has 1 amide bonds. The first-order chi connectivity index (χ1) is 16.5. The van der Waals surface area contributed by atoms with Gasteiger partial charge in [0.05, 0.1) is 18.5 Å². The van der Waals surface area contributed by atoms with Crippen molar-refractivity contribution in [3.8, 4) is 28.1 Å². The number of thiophene rings is 1. The number of rotatable bonds is 5. The summed E-state index contributed by atoms with van der Waals surface area (Å²) in [7, 11) is 1.64. The van der Waals surface area contributed by atoms with Gasteiger partial charge < -0.3 is 15.8 Å². The molecule has 34 heavy (non-hydrogen) atoms. The Morgan fingerprint density at radius 2 is 1.62 bits per heavy atom. The molecular weight excluding hydrogens is 442 g/mol. The number of anilines is 2. The fourth-order valence-corrected chi connectivity index (χ4v) is 4.88. The third-order valence-corrected chi connectivity index (χ3v) is 6.78. The number of aromatic nitrogens is 1. The second-order valence-electron chi connectivity index (χ2n) is 7.99. The predicted molar refractivity (Wildman–Crippen MR) is 141 cm³/mol. The zero-order chi connectivity index (χ0) is 23.7. The third-order valence-electron chi connectivity index (χ3n) is 5.69. The number of nitrogen functional groups attached to an aromatic ring is 1. The zero-order valence-corrected chi connectivity index (χ0v) is 19.6. The van der Waals surface area contributed by atoms with Crippen LogP contribution in [-0.2, 0) is 0 Å². The number of carbonyl (C=O) groups excluding carboxylic acids is 1. The van der Waals surface area contributed by atoms with Gasteiger partial charge in [-0.1, -0.05) is 60.2 Å². The number of benzene rings is 3. The largest absolute Gasteiger partial charge is 0.497 e. The van der Waals surface area contributed by atoms with Crippen molar-refractivity contribution in [2.45, 2.75) is 6.92 Å². The maximum Gasteiger partial charge on any atom is 0.267 e. The topological polar surface area (TPSA) is 77.2 Å². The first-order valence-corrected chi connectivity index (χ1v) is 11.7. The number of aryl methyl sites for hydroxylation is 1. The highest BCUT2D eigenvalue weighted by atomic mass is 32.1. The van der Waals surface area contributed by atoms with Gasteiger partial charge in [-0.3, -0.25) is 4.79 Å². The van der Waals surface area contributed by atoms with Crippen LogP contribution in [0.5, 0.6) is 5.75 Å². The van der Waals surface area contributed by atoms with Crippen LogP contribution in [0.4, 0.5) is 11.4 Å². The lowest BCUT2D eigenvalue weighted by Crippen LogP contribution is -2.11. The maximum absolute atomic E-state index is 13.1. The third kappa shape index (κ3) is 4.11. The minimum absolute atomic E-state index is 0.246. The van der Waals surface area contributed by atoms with E-state index in [9.17, 15) is 4.79 Å². The summed E-state index contributed by atoms with van der Waals surface area (Å²) in [6.45, 7) is 2.06. The smallest absolute Gasteiger partial charge is 0.267 e. The van der Waals surface area contributed by atoms with Gasteiger partial charge in [-0.2, -0.15) is 0 Å². The van der Waals surface area contributed by atoms with Crippen molar-refractivity contribution >= 4 is 38.8 Å². The number of fused-ring (bicyclic) bond motifs is 1. The number of ether oxygens (including phenoxy) is 1. The lowest BCUT2D eigenvalue weighted by Gasteiger charge is -2.10. The molecule has 0 atom stereocenters. The molecule has 0 radical (unpaired) electrons. The van der Waals surface area contributed by atoms with E-state index in [4.69, 9.17) is 15.5 Å². The van der Waals surface area contributed by atoms with Crippen LogP contribution in [0.25, 0.3) is 32.6 Å². The van der Waals surface area contributed by atoms with Gasteiger partial charge >= 0.3 is 0 Å². The SMILES string of the molecule is COc1ccc(-c2cc(-c3ccc(C)cc3)nc3sc(C(=O)Nc4ccccc4)c(N)c23)cc1. The van der Waals surface area contributed by atoms with E-state index >= 15 is 0 Å². The van der Waals surface area contributed by atoms with Crippen LogP contribution in [0.1, 0.15) is 15.2 Å². The van der Waals surface area contributed by atoms with Crippen LogP contribution in [0.15, 0.2) is 84.9 Å². The molecule has 0 aliphatic heterocycles. The van der Waals surface area contributed by atoms with Crippen LogP contribution >= 0.6 is 11.3 Å². The Bertz CT molecular complexity index is 1470. The molecule has 3 N–H and O–H groups in total. The minimum Gasteiger partial charge on any atom is -0.497 e. The van der Waals surface area contributed by atoms with E-state index < -0.39 is 0 Å². The fraction of sp³-hybridized carbons (Fsp3) is 0.0714. The number of amides is 1. The Morgan fingerprint density at radius 3 is 2.29 bits per heavy atom. The van der Waals surface area contributed by atoms with Crippen LogP contribution in [0.3, 0.4) is 0 Å². The van der Waals surface area contributed by atoms with Gasteiger partial charge in [0.2, 0.25) is 0 Å². The number of hydrogen-bond donors (Lipinski definition) is 2. The highest BCUT2D eigenvalue weighted by Gasteiger charge is 2.22. The summed E-state index contributed by atoms with van der Waals surface area (Å²) < 4.78 is 5.32. The van der Waals surface area contributed by atoms with Crippen molar-refractivity contribution < 1.29 is 9.53 Å². The molecule has 0 fully saturated rings. The standard InChI is InChI=1S/C28H23N3O2S/c1-17-8-10-19(11-9-17)23-16-22(18-12-14-21(33-2)15-13-18)24-25(29)26(34-28(24)31-23)27(32)30-20-6-4-3-5-7-20/h3-16H,29H2,1-2H3,(H,30,32). The van der Waals surface area contributed by atoms with Gasteiger partial charge in [0.1, 0.15) is 15.5 Å². The number of hydrogen-bond acceptors (Lipinski definition) is 5. The Morgan fingerprint density at radius 1 is 0.941 bits per heavy atom. The summed E-state index contributed by atoms with van der Waals surface area (Å²) in [5.74, 6) is 0.526. The van der Waals surface area contributed by atoms with E-state index in [1.807, 2.05) is 60.7 Å². The number of nitrogens with two attached hydrogens (primary N) is 1. The van der Waals surface area contributed by atoms with E-state index in [2.05, 4.69) is 36.5 Å². The summed E-state index contributed by atoms with van der Waals surface area (Å²) in [5.41, 5.74) is 12.6. The number of pyridine rings is 1. The molecule has 0 unspecified atom stereocenters. The lowest BCUT2D eigenvalue weighted by molar-refractivity contribution is 0.103. The summed E-state index contributed by atoms with van der Waals surface area (Å²) in [6.07, 6.45) is 0. The molecule has 2 heterocycles. The molecule has 0 aliphatic rings. The van der Waals surface area contributed by atoms with Gasteiger partial charge in [-0.15, -0.1) is 11.3 Å². The quantitative estimate of drug-likeness (QED) is 0.300. The molecule has 168 valence electrons. The second-order valence-corrected chi connectivity index (χ2v) is 8.99. The van der Waals surface area contributed by atoms with E-state index in [0.29, 0.717) is 16.3 Å². The molecule has 0 saturated heterocycles. The van der Waals surface area contributed by atoms with Gasteiger partial charge in [0.15, 0.2) is 0 Å². The van der Waals surface area contributed by atoms with Crippen molar-refractivity contribution in [1.82, 2.24) is 4.98 Å². The second kappa shape index (κ2) is 9.00. The maximum atomic E-state index is 13.1. The Kier molecular flexibility index (Phi) is 5.74. The highest BCUT2D eigenvalue weighted by Crippen LogP contribution is 2.41. The lowest BCUT2D eigenvalue weighted by atomic mass is 9.99. The number of carbonyl (C=O) groups is 1. The number of nitrogens with one attached hydrogen (secondary N) is 1. The fourth-order valence-electron chi connectivity index (χ4n) is 3.87. The normalized spacial score (nSPS) is 10.9. The molecule has 5 nitrogen and oxygen atoms in total. The molecule has 2 aromatic heterocycles. The average Bonchev–Trinajstić information content (AvgIpc) is 3.21. The van der Waals surface area contributed by atoms with Crippen molar-refractivity contribution in [2.24, 2.45) is 0 Å². The number of para-hydroxylation sites is 1. The molecule has 5 aromatic rings. The number of nitrogens with zero attached hydrogens (tertiary/aromatic N) is 1. The molecular formula is C28H23N3O2S. The molecule has 5 rings (SSSR count). The Balaban J connectivity index is 1.67. The van der Waals surface area contributed by atoms with Crippen molar-refractivity contribution in [1.29, 1.82) is 0 Å². The zero-order valence-electron chi connectivity index (χ0n) is 18.8. The molecule has 0 saturated carbocycles. The molecule has 3 aromatic carbocycles. The van der Waals surface area contributed by atoms with Gasteiger partial charge in [0.25, 0.3) is 5.91 Å². The molecule has 0 bridgehead atoms. The Labute approximate surface area is 201 Å². The summed E-state index contributed by atoms with van der Waals surface area (Å²) in [6, 6.07) is 27.4. The van der Waals surface area contributed by atoms with Crippen molar-refractivity contribution in [2.75, 3.05) is 18.2 Å². The molecule has 0 spiro atoms.